The predicted octanol–water partition coefficient (Wildman–Crippen LogP) is 4.47. The quantitative estimate of drug-likeness (QED) is 0.524. The summed E-state index contributed by atoms with van der Waals surface area (Å²) in [4.78, 5) is 0. The van der Waals surface area contributed by atoms with Gasteiger partial charge in [0.25, 0.3) is 0 Å². The van der Waals surface area contributed by atoms with Gasteiger partial charge < -0.3 is 14.2 Å². The summed E-state index contributed by atoms with van der Waals surface area (Å²) < 4.78 is 17.7. The summed E-state index contributed by atoms with van der Waals surface area (Å²) >= 11 is 0. The van der Waals surface area contributed by atoms with E-state index in [0.29, 0.717) is 13.2 Å². The second-order valence-corrected chi connectivity index (χ2v) is 6.31. The third-order valence-electron chi connectivity index (χ3n) is 3.82. The minimum atomic E-state index is -0.506. The zero-order valence-electron chi connectivity index (χ0n) is 13.8. The average molecular weight is 304 g/mol. The lowest BCUT2D eigenvalue weighted by atomic mass is 10.0. The van der Waals surface area contributed by atoms with Crippen LogP contribution in [0, 0.1) is 0 Å². The van der Waals surface area contributed by atoms with Crippen molar-refractivity contribution in [2.24, 2.45) is 0 Å². The van der Waals surface area contributed by atoms with Gasteiger partial charge in [-0.1, -0.05) is 36.4 Å². The van der Waals surface area contributed by atoms with Crippen LogP contribution in [-0.2, 0) is 20.8 Å². The Morgan fingerprint density at radius 1 is 1.18 bits per heavy atom. The first-order chi connectivity index (χ1) is 10.6. The molecule has 2 atom stereocenters. The Bertz CT molecular complexity index is 441. The highest BCUT2D eigenvalue weighted by atomic mass is 16.7. The molecule has 0 aromatic heterocycles. The first-order valence-electron chi connectivity index (χ1n) is 8.17. The Labute approximate surface area is 134 Å². The normalized spacial score (nSPS) is 24.1. The van der Waals surface area contributed by atoms with E-state index in [1.165, 1.54) is 5.56 Å². The molecule has 2 rings (SSSR count). The monoisotopic (exact) mass is 304 g/mol. The van der Waals surface area contributed by atoms with Gasteiger partial charge in [0.05, 0.1) is 18.8 Å². The van der Waals surface area contributed by atoms with Gasteiger partial charge in [-0.25, -0.2) is 0 Å². The van der Waals surface area contributed by atoms with Gasteiger partial charge >= 0.3 is 0 Å². The standard InChI is InChI=1S/C19H28O3/c1-4-5-11-17-14-18(22-19(2,3)21-17)12-13-20-15-16-9-7-6-8-10-16/h4,6-10,17-18H,1,5,11-15H2,2-3H3/t17-,18+/m1/s1. The maximum absolute atomic E-state index is 6.01. The van der Waals surface area contributed by atoms with Crippen LogP contribution in [0.15, 0.2) is 43.0 Å². The molecule has 0 bridgehead atoms. The molecule has 3 nitrogen and oxygen atoms in total. The van der Waals surface area contributed by atoms with Crippen molar-refractivity contribution in [1.82, 2.24) is 0 Å². The molecule has 0 radical (unpaired) electrons. The largest absolute Gasteiger partial charge is 0.377 e. The van der Waals surface area contributed by atoms with Crippen molar-refractivity contribution < 1.29 is 14.2 Å². The number of ether oxygens (including phenoxy) is 3. The highest BCUT2D eigenvalue weighted by molar-refractivity contribution is 5.13. The maximum atomic E-state index is 6.01. The summed E-state index contributed by atoms with van der Waals surface area (Å²) in [5.74, 6) is -0.506. The molecule has 122 valence electrons. The second-order valence-electron chi connectivity index (χ2n) is 6.31. The van der Waals surface area contributed by atoms with Gasteiger partial charge in [0.2, 0.25) is 0 Å². The van der Waals surface area contributed by atoms with E-state index in [0.717, 1.165) is 25.7 Å². The molecule has 1 fully saturated rings. The van der Waals surface area contributed by atoms with E-state index in [1.807, 2.05) is 38.1 Å². The van der Waals surface area contributed by atoms with Crippen LogP contribution in [0.4, 0.5) is 0 Å². The molecule has 0 amide bonds. The zero-order chi connectivity index (χ0) is 15.8. The molecule has 1 aliphatic heterocycles. The molecule has 3 heteroatoms. The van der Waals surface area contributed by atoms with Crippen LogP contribution in [0.3, 0.4) is 0 Å². The molecule has 0 spiro atoms. The molecule has 0 saturated carbocycles. The summed E-state index contributed by atoms with van der Waals surface area (Å²) in [6.07, 6.45) is 6.24. The number of hydrogen-bond acceptors (Lipinski definition) is 3. The van der Waals surface area contributed by atoms with Crippen molar-refractivity contribution in [3.63, 3.8) is 0 Å². The molecular weight excluding hydrogens is 276 g/mol. The average Bonchev–Trinajstić information content (AvgIpc) is 2.49. The van der Waals surface area contributed by atoms with Gasteiger partial charge in [0.1, 0.15) is 0 Å². The van der Waals surface area contributed by atoms with E-state index in [-0.39, 0.29) is 12.2 Å². The minimum Gasteiger partial charge on any atom is -0.377 e. The van der Waals surface area contributed by atoms with Gasteiger partial charge in [0, 0.05) is 13.0 Å². The molecule has 1 aromatic carbocycles. The Morgan fingerprint density at radius 3 is 2.55 bits per heavy atom. The summed E-state index contributed by atoms with van der Waals surface area (Å²) in [7, 11) is 0. The fraction of sp³-hybridized carbons (Fsp3) is 0.579. The number of hydrogen-bond donors (Lipinski definition) is 0. The SMILES string of the molecule is C=CCC[C@@H]1C[C@H](CCOCc2ccccc2)OC(C)(C)O1. The number of rotatable bonds is 8. The lowest BCUT2D eigenvalue weighted by molar-refractivity contribution is -0.302. The zero-order valence-corrected chi connectivity index (χ0v) is 13.8. The minimum absolute atomic E-state index is 0.203. The van der Waals surface area contributed by atoms with Gasteiger partial charge in [0.15, 0.2) is 5.79 Å². The third kappa shape index (κ3) is 5.91. The molecule has 0 unspecified atom stereocenters. The lowest BCUT2D eigenvalue weighted by Gasteiger charge is -2.41. The van der Waals surface area contributed by atoms with Crippen LogP contribution in [-0.4, -0.2) is 24.6 Å². The summed E-state index contributed by atoms with van der Waals surface area (Å²) in [5, 5.41) is 0. The lowest BCUT2D eigenvalue weighted by Crippen LogP contribution is -2.44. The number of allylic oxidation sites excluding steroid dienone is 1. The van der Waals surface area contributed by atoms with Crippen LogP contribution in [0.1, 0.15) is 45.1 Å². The Hall–Kier alpha value is -1.16. The summed E-state index contributed by atoms with van der Waals surface area (Å²) in [6, 6.07) is 10.3. The Kier molecular flexibility index (Phi) is 6.62. The van der Waals surface area contributed by atoms with Gasteiger partial charge in [-0.05, 0) is 38.7 Å². The smallest absolute Gasteiger partial charge is 0.163 e. The molecule has 1 saturated heterocycles. The fourth-order valence-electron chi connectivity index (χ4n) is 2.86. The van der Waals surface area contributed by atoms with Gasteiger partial charge in [-0.3, -0.25) is 0 Å². The highest BCUT2D eigenvalue weighted by Gasteiger charge is 2.34. The molecular formula is C19H28O3. The third-order valence-corrected chi connectivity index (χ3v) is 3.82. The van der Waals surface area contributed by atoms with Crippen LogP contribution < -0.4 is 0 Å². The molecule has 0 N–H and O–H groups in total. The van der Waals surface area contributed by atoms with E-state index >= 15 is 0 Å². The highest BCUT2D eigenvalue weighted by Crippen LogP contribution is 2.30. The number of benzene rings is 1. The van der Waals surface area contributed by atoms with Gasteiger partial charge in [-0.15, -0.1) is 6.58 Å². The van der Waals surface area contributed by atoms with Crippen molar-refractivity contribution in [3.05, 3.63) is 48.6 Å². The van der Waals surface area contributed by atoms with Crippen LogP contribution >= 0.6 is 0 Å². The Balaban J connectivity index is 1.72. The molecule has 1 aliphatic rings. The molecule has 0 aliphatic carbocycles. The first-order valence-corrected chi connectivity index (χ1v) is 8.17. The van der Waals surface area contributed by atoms with Crippen molar-refractivity contribution in [3.8, 4) is 0 Å². The van der Waals surface area contributed by atoms with Crippen LogP contribution in [0.2, 0.25) is 0 Å². The van der Waals surface area contributed by atoms with Crippen LogP contribution in [0.5, 0.6) is 0 Å². The summed E-state index contributed by atoms with van der Waals surface area (Å²) in [6.45, 7) is 9.14. The van der Waals surface area contributed by atoms with Gasteiger partial charge in [-0.2, -0.15) is 0 Å². The fourth-order valence-corrected chi connectivity index (χ4v) is 2.86. The van der Waals surface area contributed by atoms with Crippen molar-refractivity contribution in [2.75, 3.05) is 6.61 Å². The summed E-state index contributed by atoms with van der Waals surface area (Å²) in [5.41, 5.74) is 1.21. The van der Waals surface area contributed by atoms with Crippen molar-refractivity contribution in [1.29, 1.82) is 0 Å². The maximum Gasteiger partial charge on any atom is 0.163 e. The first kappa shape index (κ1) is 17.2. The van der Waals surface area contributed by atoms with E-state index in [4.69, 9.17) is 14.2 Å². The molecule has 1 aromatic rings. The van der Waals surface area contributed by atoms with Crippen molar-refractivity contribution in [2.45, 2.75) is 64.1 Å². The molecule has 1 heterocycles. The van der Waals surface area contributed by atoms with Crippen molar-refractivity contribution >= 4 is 0 Å². The van der Waals surface area contributed by atoms with E-state index in [1.54, 1.807) is 0 Å². The second kappa shape index (κ2) is 8.47. The van der Waals surface area contributed by atoms with E-state index < -0.39 is 5.79 Å². The topological polar surface area (TPSA) is 27.7 Å². The van der Waals surface area contributed by atoms with E-state index in [2.05, 4.69) is 18.7 Å². The van der Waals surface area contributed by atoms with E-state index in [9.17, 15) is 0 Å². The van der Waals surface area contributed by atoms with Crippen LogP contribution in [0.25, 0.3) is 0 Å². The molecule has 22 heavy (non-hydrogen) atoms. The predicted molar refractivity (Wildman–Crippen MR) is 88.6 cm³/mol. The Morgan fingerprint density at radius 2 is 1.86 bits per heavy atom.